The molecular weight excluding hydrogens is 316 g/mol. The number of morpholine rings is 1. The Morgan fingerprint density at radius 3 is 2.52 bits per heavy atom. The number of carbonyl (C=O) groups is 1. The Morgan fingerprint density at radius 1 is 1.20 bits per heavy atom. The van der Waals surface area contributed by atoms with Crippen LogP contribution in [-0.2, 0) is 11.3 Å². The summed E-state index contributed by atoms with van der Waals surface area (Å²) in [6.07, 6.45) is 1.70. The topological polar surface area (TPSA) is 67.4 Å². The van der Waals surface area contributed by atoms with Gasteiger partial charge in [0.05, 0.1) is 12.2 Å². The molecule has 0 radical (unpaired) electrons. The molecule has 1 N–H and O–H groups in total. The number of anilines is 1. The number of carbonyl (C=O) groups excluding carboxylic acids is 1. The summed E-state index contributed by atoms with van der Waals surface area (Å²) >= 11 is 0. The first-order valence-corrected chi connectivity index (χ1v) is 8.57. The van der Waals surface area contributed by atoms with Crippen LogP contribution in [0.3, 0.4) is 0 Å². The van der Waals surface area contributed by atoms with Crippen LogP contribution in [-0.4, -0.2) is 46.1 Å². The zero-order valence-electron chi connectivity index (χ0n) is 14.9. The first kappa shape index (κ1) is 17.4. The van der Waals surface area contributed by atoms with Gasteiger partial charge >= 0.3 is 0 Å². The summed E-state index contributed by atoms with van der Waals surface area (Å²) in [5.41, 5.74) is 2.73. The number of hydrogen-bond donors (Lipinski definition) is 1. The second kappa shape index (κ2) is 7.61. The molecule has 2 heterocycles. The molecule has 6 heteroatoms. The van der Waals surface area contributed by atoms with Crippen LogP contribution in [0.1, 0.15) is 35.5 Å². The number of amides is 1. The van der Waals surface area contributed by atoms with Crippen molar-refractivity contribution in [3.05, 3.63) is 53.5 Å². The van der Waals surface area contributed by atoms with E-state index in [1.807, 2.05) is 56.0 Å². The lowest BCUT2D eigenvalue weighted by Gasteiger charge is -2.35. The van der Waals surface area contributed by atoms with E-state index in [-0.39, 0.29) is 18.1 Å². The van der Waals surface area contributed by atoms with Gasteiger partial charge < -0.3 is 15.0 Å². The smallest absolute Gasteiger partial charge is 0.254 e. The molecule has 0 saturated carbocycles. The lowest BCUT2D eigenvalue weighted by molar-refractivity contribution is -0.0586. The Labute approximate surface area is 148 Å². The quantitative estimate of drug-likeness (QED) is 0.927. The minimum Gasteiger partial charge on any atom is -0.372 e. The van der Waals surface area contributed by atoms with Gasteiger partial charge in [-0.2, -0.15) is 0 Å². The predicted molar refractivity (Wildman–Crippen MR) is 96.5 cm³/mol. The molecular formula is C19H24N4O2. The molecule has 25 heavy (non-hydrogen) atoms. The molecule has 1 aromatic carbocycles. The molecule has 132 valence electrons. The minimum atomic E-state index is 0.0629. The Morgan fingerprint density at radius 2 is 1.88 bits per heavy atom. The first-order valence-electron chi connectivity index (χ1n) is 8.57. The van der Waals surface area contributed by atoms with Gasteiger partial charge in [-0.3, -0.25) is 4.79 Å². The van der Waals surface area contributed by atoms with Crippen molar-refractivity contribution in [2.24, 2.45) is 0 Å². The van der Waals surface area contributed by atoms with Crippen molar-refractivity contribution in [1.29, 1.82) is 0 Å². The Kier molecular flexibility index (Phi) is 5.28. The molecule has 2 unspecified atom stereocenters. The molecule has 0 spiro atoms. The summed E-state index contributed by atoms with van der Waals surface area (Å²) in [6.45, 7) is 7.86. The summed E-state index contributed by atoms with van der Waals surface area (Å²) in [6, 6.07) is 9.62. The second-order valence-electron chi connectivity index (χ2n) is 6.56. The van der Waals surface area contributed by atoms with Gasteiger partial charge in [0, 0.05) is 37.0 Å². The maximum absolute atomic E-state index is 12.7. The fourth-order valence-electron chi connectivity index (χ4n) is 3.04. The van der Waals surface area contributed by atoms with Gasteiger partial charge in [0.2, 0.25) is 0 Å². The molecule has 1 aromatic heterocycles. The maximum atomic E-state index is 12.7. The number of rotatable bonds is 4. The normalized spacial score (nSPS) is 20.4. The summed E-state index contributed by atoms with van der Waals surface area (Å²) in [5, 5.41) is 3.26. The van der Waals surface area contributed by atoms with Crippen molar-refractivity contribution in [3.63, 3.8) is 0 Å². The zero-order valence-corrected chi connectivity index (χ0v) is 14.9. The van der Waals surface area contributed by atoms with E-state index in [9.17, 15) is 4.79 Å². The number of aromatic nitrogens is 2. The van der Waals surface area contributed by atoms with Gasteiger partial charge in [0.15, 0.2) is 0 Å². The van der Waals surface area contributed by atoms with Crippen LogP contribution in [0, 0.1) is 6.92 Å². The van der Waals surface area contributed by atoms with Gasteiger partial charge in [0.1, 0.15) is 12.1 Å². The Bertz CT molecular complexity index is 722. The summed E-state index contributed by atoms with van der Waals surface area (Å²) in [5.74, 6) is 0.858. The zero-order chi connectivity index (χ0) is 17.8. The second-order valence-corrected chi connectivity index (χ2v) is 6.56. The standard InChI is InChI=1S/C19H24N4O2/c1-13-8-18(22-12-21-13)20-9-16-4-6-17(7-5-16)19(24)23-10-14(2)25-15(3)11-23/h4-8,12,14-15H,9-11H2,1-3H3,(H,20,21,22). The third kappa shape index (κ3) is 4.54. The molecule has 2 atom stereocenters. The SMILES string of the molecule is Cc1cc(NCc2ccc(C(=O)N3CC(C)OC(C)C3)cc2)ncn1. The van der Waals surface area contributed by atoms with Gasteiger partial charge in [-0.25, -0.2) is 9.97 Å². The summed E-state index contributed by atoms with van der Waals surface area (Å²) in [7, 11) is 0. The van der Waals surface area contributed by atoms with Gasteiger partial charge in [-0.05, 0) is 38.5 Å². The molecule has 1 saturated heterocycles. The predicted octanol–water partition coefficient (Wildman–Crippen LogP) is 2.65. The van der Waals surface area contributed by atoms with E-state index in [0.717, 1.165) is 17.1 Å². The van der Waals surface area contributed by atoms with Crippen molar-refractivity contribution < 1.29 is 9.53 Å². The molecule has 0 bridgehead atoms. The molecule has 1 amide bonds. The number of ether oxygens (including phenoxy) is 1. The molecule has 1 fully saturated rings. The Hall–Kier alpha value is -2.47. The summed E-state index contributed by atoms with van der Waals surface area (Å²) < 4.78 is 5.69. The highest BCUT2D eigenvalue weighted by molar-refractivity contribution is 5.94. The Balaban J connectivity index is 1.60. The van der Waals surface area contributed by atoms with Crippen LogP contribution < -0.4 is 5.32 Å². The molecule has 3 rings (SSSR count). The highest BCUT2D eigenvalue weighted by atomic mass is 16.5. The van der Waals surface area contributed by atoms with E-state index in [1.165, 1.54) is 0 Å². The number of aryl methyl sites for hydroxylation is 1. The van der Waals surface area contributed by atoms with Crippen LogP contribution >= 0.6 is 0 Å². The van der Waals surface area contributed by atoms with E-state index in [1.54, 1.807) is 6.33 Å². The molecule has 2 aromatic rings. The largest absolute Gasteiger partial charge is 0.372 e. The monoisotopic (exact) mass is 340 g/mol. The average Bonchev–Trinajstić information content (AvgIpc) is 2.59. The number of hydrogen-bond acceptors (Lipinski definition) is 5. The maximum Gasteiger partial charge on any atom is 0.254 e. The van der Waals surface area contributed by atoms with Gasteiger partial charge in [-0.1, -0.05) is 12.1 Å². The van der Waals surface area contributed by atoms with Crippen molar-refractivity contribution in [3.8, 4) is 0 Å². The van der Waals surface area contributed by atoms with Crippen molar-refractivity contribution in [1.82, 2.24) is 14.9 Å². The lowest BCUT2D eigenvalue weighted by atomic mass is 10.1. The van der Waals surface area contributed by atoms with Crippen molar-refractivity contribution in [2.45, 2.75) is 39.5 Å². The van der Waals surface area contributed by atoms with Crippen LogP contribution in [0.2, 0.25) is 0 Å². The molecule has 1 aliphatic heterocycles. The molecule has 0 aliphatic carbocycles. The van der Waals surface area contributed by atoms with Crippen LogP contribution in [0.25, 0.3) is 0 Å². The van der Waals surface area contributed by atoms with Crippen LogP contribution in [0.15, 0.2) is 36.7 Å². The van der Waals surface area contributed by atoms with E-state index in [0.29, 0.717) is 25.2 Å². The van der Waals surface area contributed by atoms with Crippen LogP contribution in [0.4, 0.5) is 5.82 Å². The fraction of sp³-hybridized carbons (Fsp3) is 0.421. The fourth-order valence-corrected chi connectivity index (χ4v) is 3.04. The average molecular weight is 340 g/mol. The molecule has 1 aliphatic rings. The van der Waals surface area contributed by atoms with Crippen LogP contribution in [0.5, 0.6) is 0 Å². The lowest BCUT2D eigenvalue weighted by Crippen LogP contribution is -2.48. The summed E-state index contributed by atoms with van der Waals surface area (Å²) in [4.78, 5) is 22.8. The van der Waals surface area contributed by atoms with E-state index in [4.69, 9.17) is 4.74 Å². The van der Waals surface area contributed by atoms with Crippen molar-refractivity contribution >= 4 is 11.7 Å². The van der Waals surface area contributed by atoms with E-state index >= 15 is 0 Å². The number of benzene rings is 1. The van der Waals surface area contributed by atoms with E-state index < -0.39 is 0 Å². The highest BCUT2D eigenvalue weighted by Crippen LogP contribution is 2.15. The van der Waals surface area contributed by atoms with Gasteiger partial charge in [-0.15, -0.1) is 0 Å². The minimum absolute atomic E-state index is 0.0629. The third-order valence-corrected chi connectivity index (χ3v) is 4.19. The van der Waals surface area contributed by atoms with Gasteiger partial charge in [0.25, 0.3) is 5.91 Å². The molecule has 6 nitrogen and oxygen atoms in total. The highest BCUT2D eigenvalue weighted by Gasteiger charge is 2.26. The van der Waals surface area contributed by atoms with Crippen molar-refractivity contribution in [2.75, 3.05) is 18.4 Å². The number of nitrogens with one attached hydrogen (secondary N) is 1. The number of nitrogens with zero attached hydrogens (tertiary/aromatic N) is 3. The van der Waals surface area contributed by atoms with E-state index in [2.05, 4.69) is 15.3 Å². The third-order valence-electron chi connectivity index (χ3n) is 4.19. The first-order chi connectivity index (χ1) is 12.0.